The zero-order valence-electron chi connectivity index (χ0n) is 11.1. The Hall–Kier alpha value is -1.35. The van der Waals surface area contributed by atoms with Gasteiger partial charge in [0.1, 0.15) is 0 Å². The van der Waals surface area contributed by atoms with Crippen molar-refractivity contribution in [2.45, 2.75) is 32.2 Å². The fourth-order valence-corrected chi connectivity index (χ4v) is 2.35. The van der Waals surface area contributed by atoms with Crippen molar-refractivity contribution < 1.29 is 9.90 Å². The largest absolute Gasteiger partial charge is 0.481 e. The van der Waals surface area contributed by atoms with Crippen LogP contribution < -0.4 is 0 Å². The molecule has 2 atom stereocenters. The molecule has 0 spiro atoms. The van der Waals surface area contributed by atoms with E-state index in [1.165, 1.54) is 11.1 Å². The van der Waals surface area contributed by atoms with Crippen LogP contribution in [-0.2, 0) is 17.6 Å². The predicted octanol–water partition coefficient (Wildman–Crippen LogP) is 2.20. The van der Waals surface area contributed by atoms with Gasteiger partial charge in [0.05, 0.1) is 5.92 Å². The van der Waals surface area contributed by atoms with Crippen molar-refractivity contribution in [2.24, 2.45) is 5.92 Å². The highest BCUT2D eigenvalue weighted by Crippen LogP contribution is 2.34. The van der Waals surface area contributed by atoms with E-state index in [1.54, 1.807) is 0 Å². The van der Waals surface area contributed by atoms with Crippen molar-refractivity contribution in [3.63, 3.8) is 0 Å². The number of carbonyl (C=O) groups is 1. The molecule has 1 aliphatic carbocycles. The second-order valence-corrected chi connectivity index (χ2v) is 5.15. The molecular formula is C15H21NO2. The van der Waals surface area contributed by atoms with Crippen LogP contribution >= 0.6 is 0 Å². The fraction of sp³-hybridized carbons (Fsp3) is 0.533. The van der Waals surface area contributed by atoms with Crippen molar-refractivity contribution in [2.75, 3.05) is 13.6 Å². The maximum atomic E-state index is 10.8. The maximum absolute atomic E-state index is 10.8. The van der Waals surface area contributed by atoms with Crippen molar-refractivity contribution >= 4 is 5.97 Å². The molecule has 2 rings (SSSR count). The Kier molecular flexibility index (Phi) is 4.02. The van der Waals surface area contributed by atoms with Crippen molar-refractivity contribution in [1.29, 1.82) is 0 Å². The molecule has 98 valence electrons. The number of aryl methyl sites for hydroxylation is 1. The molecule has 0 heterocycles. The second kappa shape index (κ2) is 5.53. The lowest BCUT2D eigenvalue weighted by Gasteiger charge is -2.16. The normalized spacial score (nSPS) is 22.2. The smallest absolute Gasteiger partial charge is 0.308 e. The summed E-state index contributed by atoms with van der Waals surface area (Å²) in [6.45, 7) is 3.09. The van der Waals surface area contributed by atoms with Crippen LogP contribution in [0.15, 0.2) is 24.3 Å². The summed E-state index contributed by atoms with van der Waals surface area (Å²) >= 11 is 0. The standard InChI is InChI=1S/C15H21NO2/c1-3-11-4-6-12(7-5-11)8-9-16(2)14-10-13(14)15(17)18/h4-7,13-14H,3,8-10H2,1-2H3,(H,17,18). The Morgan fingerprint density at radius 3 is 2.44 bits per heavy atom. The fourth-order valence-electron chi connectivity index (χ4n) is 2.35. The third-order valence-corrected chi connectivity index (χ3v) is 3.82. The molecule has 1 aromatic rings. The van der Waals surface area contributed by atoms with E-state index in [4.69, 9.17) is 5.11 Å². The van der Waals surface area contributed by atoms with Crippen LogP contribution in [0, 0.1) is 5.92 Å². The topological polar surface area (TPSA) is 40.5 Å². The number of rotatable bonds is 6. The first-order chi connectivity index (χ1) is 8.61. The Bertz CT molecular complexity index is 413. The maximum Gasteiger partial charge on any atom is 0.308 e. The summed E-state index contributed by atoms with van der Waals surface area (Å²) in [7, 11) is 2.02. The lowest BCUT2D eigenvalue weighted by atomic mass is 10.1. The average Bonchev–Trinajstić information content (AvgIpc) is 3.17. The highest BCUT2D eigenvalue weighted by atomic mass is 16.4. The van der Waals surface area contributed by atoms with Gasteiger partial charge < -0.3 is 10.0 Å². The third-order valence-electron chi connectivity index (χ3n) is 3.82. The molecule has 3 nitrogen and oxygen atoms in total. The van der Waals surface area contributed by atoms with Gasteiger partial charge in [0, 0.05) is 12.6 Å². The van der Waals surface area contributed by atoms with Crippen LogP contribution in [0.1, 0.15) is 24.5 Å². The minimum Gasteiger partial charge on any atom is -0.481 e. The zero-order chi connectivity index (χ0) is 13.1. The van der Waals surface area contributed by atoms with Gasteiger partial charge in [0.15, 0.2) is 0 Å². The lowest BCUT2D eigenvalue weighted by Crippen LogP contribution is -2.26. The van der Waals surface area contributed by atoms with Gasteiger partial charge in [0.25, 0.3) is 0 Å². The SMILES string of the molecule is CCc1ccc(CCN(C)C2CC2C(=O)O)cc1. The highest BCUT2D eigenvalue weighted by Gasteiger charge is 2.45. The second-order valence-electron chi connectivity index (χ2n) is 5.15. The third kappa shape index (κ3) is 3.10. The highest BCUT2D eigenvalue weighted by molar-refractivity contribution is 5.74. The summed E-state index contributed by atoms with van der Waals surface area (Å²) in [5, 5.41) is 8.89. The molecule has 0 saturated heterocycles. The molecule has 0 aromatic heterocycles. The number of benzene rings is 1. The number of nitrogens with zero attached hydrogens (tertiary/aromatic N) is 1. The van der Waals surface area contributed by atoms with E-state index < -0.39 is 5.97 Å². The number of aliphatic carboxylic acids is 1. The van der Waals surface area contributed by atoms with Crippen LogP contribution in [0.3, 0.4) is 0 Å². The van der Waals surface area contributed by atoms with E-state index in [2.05, 4.69) is 36.1 Å². The first kappa shape index (κ1) is 13.1. The molecule has 1 aliphatic rings. The molecule has 0 amide bonds. The first-order valence-corrected chi connectivity index (χ1v) is 6.62. The Morgan fingerprint density at radius 1 is 1.33 bits per heavy atom. The molecule has 1 saturated carbocycles. The Balaban J connectivity index is 1.79. The van der Waals surface area contributed by atoms with Gasteiger partial charge in [-0.2, -0.15) is 0 Å². The number of carboxylic acid groups (broad SMARTS) is 1. The Morgan fingerprint density at radius 2 is 1.94 bits per heavy atom. The van der Waals surface area contributed by atoms with Gasteiger partial charge in [-0.1, -0.05) is 31.2 Å². The van der Waals surface area contributed by atoms with E-state index in [0.29, 0.717) is 0 Å². The van der Waals surface area contributed by atoms with Gasteiger partial charge >= 0.3 is 5.97 Å². The molecule has 18 heavy (non-hydrogen) atoms. The lowest BCUT2D eigenvalue weighted by molar-refractivity contribution is -0.138. The number of hydrogen-bond acceptors (Lipinski definition) is 2. The van der Waals surface area contributed by atoms with Crippen molar-refractivity contribution in [3.05, 3.63) is 35.4 Å². The van der Waals surface area contributed by atoms with E-state index in [9.17, 15) is 4.79 Å². The number of hydrogen-bond donors (Lipinski definition) is 1. The molecule has 0 radical (unpaired) electrons. The molecule has 0 bridgehead atoms. The minimum atomic E-state index is -0.654. The molecule has 2 unspecified atom stereocenters. The van der Waals surface area contributed by atoms with Crippen molar-refractivity contribution in [1.82, 2.24) is 4.90 Å². The van der Waals surface area contributed by atoms with Crippen LogP contribution in [0.2, 0.25) is 0 Å². The van der Waals surface area contributed by atoms with Crippen LogP contribution in [0.25, 0.3) is 0 Å². The van der Waals surface area contributed by atoms with E-state index in [1.807, 2.05) is 7.05 Å². The number of carboxylic acids is 1. The summed E-state index contributed by atoms with van der Waals surface area (Å²) in [5.74, 6) is -0.795. The molecule has 0 aliphatic heterocycles. The van der Waals surface area contributed by atoms with Gasteiger partial charge in [-0.15, -0.1) is 0 Å². The summed E-state index contributed by atoms with van der Waals surface area (Å²) < 4.78 is 0. The quantitative estimate of drug-likeness (QED) is 0.837. The van der Waals surface area contributed by atoms with E-state index in [0.717, 1.165) is 25.8 Å². The summed E-state index contributed by atoms with van der Waals surface area (Å²) in [6.07, 6.45) is 2.87. The van der Waals surface area contributed by atoms with Gasteiger partial charge in [-0.3, -0.25) is 4.79 Å². The van der Waals surface area contributed by atoms with Crippen LogP contribution in [0.4, 0.5) is 0 Å². The summed E-state index contributed by atoms with van der Waals surface area (Å²) in [5.41, 5.74) is 2.69. The summed E-state index contributed by atoms with van der Waals surface area (Å²) in [6, 6.07) is 8.94. The number of likely N-dealkylation sites (N-methyl/N-ethyl adjacent to an activating group) is 1. The van der Waals surface area contributed by atoms with Crippen LogP contribution in [-0.4, -0.2) is 35.6 Å². The zero-order valence-corrected chi connectivity index (χ0v) is 11.1. The van der Waals surface area contributed by atoms with Crippen molar-refractivity contribution in [3.8, 4) is 0 Å². The van der Waals surface area contributed by atoms with Gasteiger partial charge in [-0.05, 0) is 37.4 Å². The van der Waals surface area contributed by atoms with Gasteiger partial charge in [0.2, 0.25) is 0 Å². The first-order valence-electron chi connectivity index (χ1n) is 6.62. The molecule has 1 aromatic carbocycles. The molecular weight excluding hydrogens is 226 g/mol. The molecule has 3 heteroatoms. The predicted molar refractivity (Wildman–Crippen MR) is 71.7 cm³/mol. The van der Waals surface area contributed by atoms with Gasteiger partial charge in [-0.25, -0.2) is 0 Å². The molecule has 1 fully saturated rings. The molecule has 1 N–H and O–H groups in total. The average molecular weight is 247 g/mol. The Labute approximate surface area is 108 Å². The minimum absolute atomic E-state index is 0.141. The van der Waals surface area contributed by atoms with Crippen LogP contribution in [0.5, 0.6) is 0 Å². The summed E-state index contributed by atoms with van der Waals surface area (Å²) in [4.78, 5) is 13.0. The van der Waals surface area contributed by atoms with E-state index in [-0.39, 0.29) is 12.0 Å². The van der Waals surface area contributed by atoms with E-state index >= 15 is 0 Å². The monoisotopic (exact) mass is 247 g/mol.